The van der Waals surface area contributed by atoms with Crippen LogP contribution >= 0.6 is 0 Å². The molecule has 1 saturated carbocycles. The van der Waals surface area contributed by atoms with Crippen molar-refractivity contribution in [1.29, 1.82) is 0 Å². The Morgan fingerprint density at radius 3 is 2.52 bits per heavy atom. The molecule has 0 aromatic carbocycles. The highest BCUT2D eigenvalue weighted by Gasteiger charge is 2.52. The average Bonchev–Trinajstić information content (AvgIpc) is 3.50. The van der Waals surface area contributed by atoms with Gasteiger partial charge in [0.05, 0.1) is 24.0 Å². The van der Waals surface area contributed by atoms with E-state index in [1.807, 2.05) is 18.7 Å². The van der Waals surface area contributed by atoms with E-state index in [2.05, 4.69) is 25.5 Å². The van der Waals surface area contributed by atoms with E-state index < -0.39 is 11.7 Å². The number of nitrogens with zero attached hydrogens (tertiary/aromatic N) is 6. The Hall–Kier alpha value is -3.50. The quantitative estimate of drug-likeness (QED) is 0.645. The second-order valence-electron chi connectivity index (χ2n) is 8.57. The third-order valence-electron chi connectivity index (χ3n) is 6.55. The van der Waals surface area contributed by atoms with Crippen LogP contribution in [0.2, 0.25) is 0 Å². The van der Waals surface area contributed by atoms with E-state index in [0.29, 0.717) is 17.2 Å². The molecule has 3 aromatic rings. The minimum Gasteiger partial charge on any atom is -0.365 e. The highest BCUT2D eigenvalue weighted by molar-refractivity contribution is 5.96. The number of nitrogens with one attached hydrogen (secondary N) is 1. The lowest BCUT2D eigenvalue weighted by Gasteiger charge is -2.38. The third kappa shape index (κ3) is 3.81. The van der Waals surface area contributed by atoms with E-state index >= 15 is 0 Å². The number of aryl methyl sites for hydroxylation is 1. The molecule has 5 rings (SSSR count). The molecular formula is C22H22F3N7O. The number of halogens is 3. The monoisotopic (exact) mass is 457 g/mol. The van der Waals surface area contributed by atoms with E-state index in [-0.39, 0.29) is 35.6 Å². The smallest absolute Gasteiger partial charge is 0.365 e. The van der Waals surface area contributed by atoms with E-state index in [1.165, 1.54) is 23.3 Å². The van der Waals surface area contributed by atoms with E-state index in [0.717, 1.165) is 25.1 Å². The molecule has 3 aromatic heterocycles. The van der Waals surface area contributed by atoms with Crippen LogP contribution in [0, 0.1) is 12.8 Å². The van der Waals surface area contributed by atoms with Gasteiger partial charge in [0.15, 0.2) is 5.69 Å². The zero-order valence-electron chi connectivity index (χ0n) is 18.0. The molecule has 1 amide bonds. The molecule has 8 nitrogen and oxygen atoms in total. The Morgan fingerprint density at radius 1 is 1.12 bits per heavy atom. The maximum atomic E-state index is 13.7. The van der Waals surface area contributed by atoms with Crippen molar-refractivity contribution in [1.82, 2.24) is 29.9 Å². The van der Waals surface area contributed by atoms with Gasteiger partial charge in [-0.3, -0.25) is 4.79 Å². The fraction of sp³-hybridized carbons (Fsp3) is 0.409. The maximum absolute atomic E-state index is 13.7. The highest BCUT2D eigenvalue weighted by atomic mass is 19.4. The number of alkyl halides is 3. The lowest BCUT2D eigenvalue weighted by atomic mass is 9.97. The van der Waals surface area contributed by atoms with Gasteiger partial charge in [-0.05, 0) is 56.9 Å². The van der Waals surface area contributed by atoms with Crippen molar-refractivity contribution in [2.24, 2.45) is 5.92 Å². The molecule has 4 unspecified atom stereocenters. The molecule has 1 N–H and O–H groups in total. The van der Waals surface area contributed by atoms with E-state index in [9.17, 15) is 18.0 Å². The van der Waals surface area contributed by atoms with Crippen LogP contribution < -0.4 is 5.32 Å². The summed E-state index contributed by atoms with van der Waals surface area (Å²) < 4.78 is 38.5. The summed E-state index contributed by atoms with van der Waals surface area (Å²) in [7, 11) is 0. The van der Waals surface area contributed by atoms with Gasteiger partial charge in [-0.2, -0.15) is 23.4 Å². The second kappa shape index (κ2) is 7.82. The maximum Gasteiger partial charge on any atom is 0.417 e. The van der Waals surface area contributed by atoms with Crippen LogP contribution in [0.1, 0.15) is 41.5 Å². The SMILES string of the molecule is Cc1ccc(-n2nccn2)c(C(=O)N2C(C)C3CC(Nc4ccc(C(F)(F)F)cn4)C2C3)n1. The summed E-state index contributed by atoms with van der Waals surface area (Å²) in [5.74, 6) is 0.426. The van der Waals surface area contributed by atoms with Crippen LogP contribution in [0.15, 0.2) is 42.9 Å². The number of anilines is 1. The number of fused-ring (bicyclic) bond motifs is 2. The van der Waals surface area contributed by atoms with Crippen molar-refractivity contribution >= 4 is 11.7 Å². The number of rotatable bonds is 4. The largest absolute Gasteiger partial charge is 0.417 e. The molecular weight excluding hydrogens is 435 g/mol. The molecule has 2 fully saturated rings. The minimum absolute atomic E-state index is 0.0156. The molecule has 2 aliphatic rings. The van der Waals surface area contributed by atoms with Gasteiger partial charge in [-0.25, -0.2) is 9.97 Å². The Balaban J connectivity index is 1.40. The number of amides is 1. The van der Waals surface area contributed by atoms with Crippen molar-refractivity contribution in [3.8, 4) is 5.69 Å². The topological polar surface area (TPSA) is 88.8 Å². The first-order valence-corrected chi connectivity index (χ1v) is 10.7. The number of aromatic nitrogens is 5. The summed E-state index contributed by atoms with van der Waals surface area (Å²) in [4.78, 5) is 25.3. The van der Waals surface area contributed by atoms with Gasteiger partial charge >= 0.3 is 6.18 Å². The van der Waals surface area contributed by atoms with Crippen molar-refractivity contribution in [3.63, 3.8) is 0 Å². The van der Waals surface area contributed by atoms with Crippen molar-refractivity contribution in [2.75, 3.05) is 5.32 Å². The number of carbonyl (C=O) groups is 1. The molecule has 4 heterocycles. The Bertz CT molecular complexity index is 1160. The number of hydrogen-bond donors (Lipinski definition) is 1. The molecule has 0 spiro atoms. The molecule has 33 heavy (non-hydrogen) atoms. The summed E-state index contributed by atoms with van der Waals surface area (Å²) in [6.07, 6.45) is 1.08. The molecule has 1 aliphatic heterocycles. The van der Waals surface area contributed by atoms with Crippen LogP contribution in [0.25, 0.3) is 5.69 Å². The fourth-order valence-corrected chi connectivity index (χ4v) is 4.94. The van der Waals surface area contributed by atoms with E-state index in [1.54, 1.807) is 12.1 Å². The number of pyridine rings is 2. The zero-order chi connectivity index (χ0) is 23.3. The predicted molar refractivity (Wildman–Crippen MR) is 113 cm³/mol. The predicted octanol–water partition coefficient (Wildman–Crippen LogP) is 3.49. The third-order valence-corrected chi connectivity index (χ3v) is 6.55. The second-order valence-corrected chi connectivity index (χ2v) is 8.57. The molecule has 1 aliphatic carbocycles. The lowest BCUT2D eigenvalue weighted by molar-refractivity contribution is -0.137. The molecule has 2 bridgehead atoms. The number of carbonyl (C=O) groups excluding carboxylic acids is 1. The van der Waals surface area contributed by atoms with Gasteiger partial charge in [0, 0.05) is 24.0 Å². The summed E-state index contributed by atoms with van der Waals surface area (Å²) >= 11 is 0. The fourth-order valence-electron chi connectivity index (χ4n) is 4.94. The van der Waals surface area contributed by atoms with Gasteiger partial charge in [0.2, 0.25) is 0 Å². The summed E-state index contributed by atoms with van der Waals surface area (Å²) in [5.41, 5.74) is 0.683. The first kappa shape index (κ1) is 21.4. The number of piperidine rings is 1. The zero-order valence-corrected chi connectivity index (χ0v) is 18.0. The first-order valence-electron chi connectivity index (χ1n) is 10.7. The summed E-state index contributed by atoms with van der Waals surface area (Å²) in [6, 6.07) is 5.69. The first-order chi connectivity index (χ1) is 15.7. The molecule has 4 atom stereocenters. The Labute approximate surface area is 187 Å². The number of hydrogen-bond acceptors (Lipinski definition) is 6. The van der Waals surface area contributed by atoms with Crippen LogP contribution in [0.4, 0.5) is 19.0 Å². The molecule has 1 saturated heterocycles. The van der Waals surface area contributed by atoms with Gasteiger partial charge in [-0.15, -0.1) is 4.80 Å². The van der Waals surface area contributed by atoms with Crippen molar-refractivity contribution < 1.29 is 18.0 Å². The van der Waals surface area contributed by atoms with Gasteiger partial charge < -0.3 is 10.2 Å². The van der Waals surface area contributed by atoms with Crippen molar-refractivity contribution in [3.05, 3.63) is 59.8 Å². The van der Waals surface area contributed by atoms with Crippen LogP contribution in [0.5, 0.6) is 0 Å². The number of likely N-dealkylation sites (tertiary alicyclic amines) is 1. The normalized spacial score (nSPS) is 24.3. The molecule has 11 heteroatoms. The van der Waals surface area contributed by atoms with Crippen LogP contribution in [-0.4, -0.2) is 53.9 Å². The summed E-state index contributed by atoms with van der Waals surface area (Å²) in [6.45, 7) is 3.84. The van der Waals surface area contributed by atoms with Gasteiger partial charge in [0.1, 0.15) is 11.5 Å². The highest BCUT2D eigenvalue weighted by Crippen LogP contribution is 2.44. The molecule has 0 radical (unpaired) electrons. The summed E-state index contributed by atoms with van der Waals surface area (Å²) in [5, 5.41) is 11.5. The average molecular weight is 457 g/mol. The Morgan fingerprint density at radius 2 is 1.88 bits per heavy atom. The lowest BCUT2D eigenvalue weighted by Crippen LogP contribution is -2.52. The van der Waals surface area contributed by atoms with Crippen LogP contribution in [0.3, 0.4) is 0 Å². The van der Waals surface area contributed by atoms with Crippen molar-refractivity contribution in [2.45, 2.75) is 51.0 Å². The van der Waals surface area contributed by atoms with Gasteiger partial charge in [-0.1, -0.05) is 0 Å². The standard InChI is InChI=1S/C22H22F3N7O/c1-12-3-5-17(32-27-7-8-28-32)20(29-12)21(33)31-13(2)14-9-16(18(31)10-14)30-19-6-4-15(11-26-19)22(23,24)25/h3-8,11,13-14,16,18H,9-10H2,1-2H3,(H,26,30). The minimum atomic E-state index is -4.43. The van der Waals surface area contributed by atoms with E-state index in [4.69, 9.17) is 0 Å². The van der Waals surface area contributed by atoms with Gasteiger partial charge in [0.25, 0.3) is 5.91 Å². The molecule has 172 valence electrons. The van der Waals surface area contributed by atoms with Crippen LogP contribution in [-0.2, 0) is 6.18 Å². The Kier molecular flexibility index (Phi) is 5.06.